The highest BCUT2D eigenvalue weighted by Gasteiger charge is 2.48. The van der Waals surface area contributed by atoms with Gasteiger partial charge in [-0.1, -0.05) is 62.4 Å². The third kappa shape index (κ3) is 5.64. The van der Waals surface area contributed by atoms with E-state index >= 15 is 0 Å². The van der Waals surface area contributed by atoms with Crippen LogP contribution in [0.25, 0.3) is 22.4 Å². The van der Waals surface area contributed by atoms with Crippen molar-refractivity contribution >= 4 is 11.6 Å². The number of ether oxygens (including phenoxy) is 3. The third-order valence-electron chi connectivity index (χ3n) is 7.92. The van der Waals surface area contributed by atoms with Crippen molar-refractivity contribution in [2.45, 2.75) is 77.3 Å². The summed E-state index contributed by atoms with van der Waals surface area (Å²) in [6.45, 7) is 8.62. The average Bonchev–Trinajstić information content (AvgIpc) is 3.59. The Kier molecular flexibility index (Phi) is 7.75. The van der Waals surface area contributed by atoms with Crippen LogP contribution < -0.4 is 5.32 Å². The van der Waals surface area contributed by atoms with E-state index in [9.17, 15) is 9.18 Å². The van der Waals surface area contributed by atoms with Gasteiger partial charge in [-0.2, -0.15) is 0 Å². The van der Waals surface area contributed by atoms with Crippen LogP contribution in [-0.2, 0) is 20.8 Å². The van der Waals surface area contributed by atoms with Gasteiger partial charge in [-0.05, 0) is 73.7 Å². The van der Waals surface area contributed by atoms with Crippen molar-refractivity contribution in [1.82, 2.24) is 4.57 Å². The van der Waals surface area contributed by atoms with Gasteiger partial charge in [-0.3, -0.25) is 4.79 Å². The first-order valence-electron chi connectivity index (χ1n) is 14.7. The lowest BCUT2D eigenvalue weighted by molar-refractivity contribution is -0.205. The summed E-state index contributed by atoms with van der Waals surface area (Å²) in [7, 11) is 0. The molecule has 1 aromatic heterocycles. The Bertz CT molecular complexity index is 1530. The number of nitrogens with zero attached hydrogens (tertiary/aromatic N) is 1. The molecule has 2 saturated heterocycles. The van der Waals surface area contributed by atoms with Crippen LogP contribution >= 0.6 is 0 Å². The molecule has 6 nitrogen and oxygen atoms in total. The molecule has 0 radical (unpaired) electrons. The number of carbonyl (C=O) groups is 1. The first-order valence-corrected chi connectivity index (χ1v) is 14.7. The number of anilines is 1. The summed E-state index contributed by atoms with van der Waals surface area (Å²) in [5.41, 5.74) is 5.75. The number of aromatic nitrogens is 1. The lowest BCUT2D eigenvalue weighted by Gasteiger charge is -2.22. The maximum absolute atomic E-state index is 14.2. The molecule has 0 spiro atoms. The zero-order valence-electron chi connectivity index (χ0n) is 24.5. The molecule has 218 valence electrons. The number of para-hydroxylation sites is 1. The molecule has 2 aliphatic heterocycles. The number of hydrogen-bond donors (Lipinski definition) is 1. The molecule has 6 rings (SSSR count). The smallest absolute Gasteiger partial charge is 0.258 e. The number of fused-ring (bicyclic) bond motifs is 1. The minimum absolute atomic E-state index is 0.0227. The van der Waals surface area contributed by atoms with Gasteiger partial charge in [0.25, 0.3) is 5.91 Å². The number of halogens is 1. The zero-order chi connectivity index (χ0) is 29.4. The van der Waals surface area contributed by atoms with Crippen molar-refractivity contribution in [3.63, 3.8) is 0 Å². The summed E-state index contributed by atoms with van der Waals surface area (Å²) in [6, 6.07) is 26.0. The fourth-order valence-corrected chi connectivity index (χ4v) is 6.25. The largest absolute Gasteiger partial charge is 0.346 e. The molecule has 2 aliphatic rings. The fraction of sp³-hybridized carbons (Fsp3) is 0.343. The van der Waals surface area contributed by atoms with Crippen LogP contribution in [0.4, 0.5) is 10.1 Å². The Morgan fingerprint density at radius 1 is 0.952 bits per heavy atom. The Morgan fingerprint density at radius 3 is 2.26 bits per heavy atom. The van der Waals surface area contributed by atoms with E-state index in [1.54, 1.807) is 12.1 Å². The zero-order valence-corrected chi connectivity index (χ0v) is 24.5. The topological polar surface area (TPSA) is 61.7 Å². The molecule has 2 fully saturated rings. The van der Waals surface area contributed by atoms with Gasteiger partial charge in [0, 0.05) is 29.9 Å². The molecule has 3 heterocycles. The van der Waals surface area contributed by atoms with Gasteiger partial charge in [-0.25, -0.2) is 4.39 Å². The minimum Gasteiger partial charge on any atom is -0.346 e. The molecule has 0 saturated carbocycles. The van der Waals surface area contributed by atoms with E-state index in [1.165, 1.54) is 12.1 Å². The number of hydrogen-bond acceptors (Lipinski definition) is 4. The summed E-state index contributed by atoms with van der Waals surface area (Å²) >= 11 is 0. The van der Waals surface area contributed by atoms with E-state index in [1.807, 2.05) is 74.5 Å². The molecular weight excluding hydrogens is 531 g/mol. The molecule has 3 atom stereocenters. The maximum Gasteiger partial charge on any atom is 0.258 e. The van der Waals surface area contributed by atoms with E-state index in [0.29, 0.717) is 18.5 Å². The van der Waals surface area contributed by atoms with Gasteiger partial charge in [0.15, 0.2) is 12.1 Å². The lowest BCUT2D eigenvalue weighted by atomic mass is 9.94. The van der Waals surface area contributed by atoms with Gasteiger partial charge in [0.1, 0.15) is 11.9 Å². The maximum atomic E-state index is 14.2. The van der Waals surface area contributed by atoms with Crippen LogP contribution in [0.5, 0.6) is 0 Å². The van der Waals surface area contributed by atoms with Crippen molar-refractivity contribution in [3.05, 3.63) is 102 Å². The van der Waals surface area contributed by atoms with Gasteiger partial charge < -0.3 is 24.1 Å². The average molecular weight is 569 g/mol. The summed E-state index contributed by atoms with van der Waals surface area (Å²) in [4.78, 5) is 14.2. The molecule has 1 unspecified atom stereocenters. The SMILES string of the molecule is CC(C)c1c(C(=O)Nc2ccccc2)c(-c2ccccc2)c(-c2ccc(F)cc2)n1CC[C@@H]1C[C@H]2OC(C)(C)OC2O1. The number of rotatable bonds is 8. The summed E-state index contributed by atoms with van der Waals surface area (Å²) in [6.07, 6.45) is 0.925. The van der Waals surface area contributed by atoms with E-state index in [-0.39, 0.29) is 36.1 Å². The van der Waals surface area contributed by atoms with Crippen LogP contribution in [0, 0.1) is 5.82 Å². The second kappa shape index (κ2) is 11.5. The molecule has 42 heavy (non-hydrogen) atoms. The molecule has 0 aliphatic carbocycles. The lowest BCUT2D eigenvalue weighted by Crippen LogP contribution is -2.25. The number of carbonyl (C=O) groups excluding carboxylic acids is 1. The monoisotopic (exact) mass is 568 g/mol. The Morgan fingerprint density at radius 2 is 1.62 bits per heavy atom. The first-order chi connectivity index (χ1) is 20.2. The normalized spacial score (nSPS) is 21.0. The van der Waals surface area contributed by atoms with Crippen molar-refractivity contribution in [3.8, 4) is 22.4 Å². The highest BCUT2D eigenvalue weighted by Crippen LogP contribution is 2.43. The highest BCUT2D eigenvalue weighted by molar-refractivity contribution is 6.12. The summed E-state index contributed by atoms with van der Waals surface area (Å²) < 4.78 is 34.6. The van der Waals surface area contributed by atoms with E-state index in [0.717, 1.165) is 40.2 Å². The van der Waals surface area contributed by atoms with Crippen molar-refractivity contribution < 1.29 is 23.4 Å². The second-order valence-corrected chi connectivity index (χ2v) is 11.8. The fourth-order valence-electron chi connectivity index (χ4n) is 6.25. The Labute approximate surface area is 246 Å². The molecule has 1 amide bonds. The van der Waals surface area contributed by atoms with Gasteiger partial charge >= 0.3 is 0 Å². The molecule has 1 N–H and O–H groups in total. The van der Waals surface area contributed by atoms with Crippen LogP contribution in [0.3, 0.4) is 0 Å². The highest BCUT2D eigenvalue weighted by atomic mass is 19.1. The van der Waals surface area contributed by atoms with Crippen LogP contribution in [0.15, 0.2) is 84.9 Å². The Hall–Kier alpha value is -3.78. The van der Waals surface area contributed by atoms with E-state index < -0.39 is 5.79 Å². The van der Waals surface area contributed by atoms with Gasteiger partial charge in [0.05, 0.1) is 17.4 Å². The summed E-state index contributed by atoms with van der Waals surface area (Å²) in [5, 5.41) is 3.13. The summed E-state index contributed by atoms with van der Waals surface area (Å²) in [5.74, 6) is -1.11. The van der Waals surface area contributed by atoms with Gasteiger partial charge in [0.2, 0.25) is 0 Å². The standard InChI is InChI=1S/C35H37FN2O4/c1-22(2)31-30(33(39)37-26-13-9-6-10-14-26)29(23-11-7-5-8-12-23)32(24-15-17-25(36)18-16-24)38(31)20-19-27-21-28-34(40-27)42-35(3,4)41-28/h5-18,22,27-28,34H,19-21H2,1-4H3,(H,37,39)/t27-,28-,34?/m1/s1. The molecule has 7 heteroatoms. The molecule has 0 bridgehead atoms. The first kappa shape index (κ1) is 28.3. The predicted octanol–water partition coefficient (Wildman–Crippen LogP) is 7.99. The van der Waals surface area contributed by atoms with Crippen molar-refractivity contribution in [2.75, 3.05) is 5.32 Å². The van der Waals surface area contributed by atoms with Crippen molar-refractivity contribution in [2.24, 2.45) is 0 Å². The van der Waals surface area contributed by atoms with Crippen LogP contribution in [0.2, 0.25) is 0 Å². The quantitative estimate of drug-likeness (QED) is 0.234. The third-order valence-corrected chi connectivity index (χ3v) is 7.92. The number of nitrogens with one attached hydrogen (secondary N) is 1. The minimum atomic E-state index is -0.646. The van der Waals surface area contributed by atoms with Crippen molar-refractivity contribution in [1.29, 1.82) is 0 Å². The second-order valence-electron chi connectivity index (χ2n) is 11.8. The van der Waals surface area contributed by atoms with Crippen LogP contribution in [0.1, 0.15) is 62.5 Å². The molecular formula is C35H37FN2O4. The number of amides is 1. The van der Waals surface area contributed by atoms with E-state index in [4.69, 9.17) is 14.2 Å². The van der Waals surface area contributed by atoms with Crippen LogP contribution in [-0.4, -0.2) is 34.8 Å². The van der Waals surface area contributed by atoms with E-state index in [2.05, 4.69) is 23.7 Å². The predicted molar refractivity (Wildman–Crippen MR) is 162 cm³/mol. The molecule has 4 aromatic rings. The Balaban J connectivity index is 1.47. The van der Waals surface area contributed by atoms with Gasteiger partial charge in [-0.15, -0.1) is 0 Å². The molecule has 3 aromatic carbocycles. The number of benzene rings is 3.